The van der Waals surface area contributed by atoms with Crippen LogP contribution in [0.1, 0.15) is 68.8 Å². The van der Waals surface area contributed by atoms with Crippen molar-refractivity contribution in [3.05, 3.63) is 70.3 Å². The van der Waals surface area contributed by atoms with Gasteiger partial charge in [0.1, 0.15) is 11.5 Å². The Balaban J connectivity index is 2.07. The molecule has 3 rings (SSSR count). The van der Waals surface area contributed by atoms with Crippen molar-refractivity contribution >= 4 is 17.4 Å². The highest BCUT2D eigenvalue weighted by molar-refractivity contribution is 6.46. The second-order valence-electron chi connectivity index (χ2n) is 10.9. The molecule has 6 nitrogen and oxygen atoms in total. The van der Waals surface area contributed by atoms with Gasteiger partial charge in [0.05, 0.1) is 18.2 Å². The Morgan fingerprint density at radius 2 is 1.75 bits per heavy atom. The van der Waals surface area contributed by atoms with E-state index in [1.807, 2.05) is 62.3 Å². The number of rotatable bonds is 9. The van der Waals surface area contributed by atoms with Gasteiger partial charge in [0.2, 0.25) is 0 Å². The van der Waals surface area contributed by atoms with Crippen molar-refractivity contribution in [2.75, 3.05) is 33.8 Å². The Hall–Kier alpha value is -3.12. The minimum absolute atomic E-state index is 0.0241. The molecule has 0 spiro atoms. The van der Waals surface area contributed by atoms with E-state index >= 15 is 0 Å². The zero-order chi connectivity index (χ0) is 26.6. The molecule has 194 valence electrons. The highest BCUT2D eigenvalue weighted by atomic mass is 16.5. The van der Waals surface area contributed by atoms with Crippen molar-refractivity contribution in [2.24, 2.45) is 0 Å². The molecule has 2 aromatic carbocycles. The molecule has 1 aliphatic rings. The Labute approximate surface area is 215 Å². The van der Waals surface area contributed by atoms with Crippen LogP contribution in [0.25, 0.3) is 5.76 Å². The number of likely N-dealkylation sites (N-methyl/N-ethyl adjacent to an activating group) is 1. The summed E-state index contributed by atoms with van der Waals surface area (Å²) < 4.78 is 5.84. The predicted octanol–water partition coefficient (Wildman–Crippen LogP) is 5.45. The number of aliphatic hydroxyl groups excluding tert-OH is 1. The summed E-state index contributed by atoms with van der Waals surface area (Å²) in [6, 6.07) is 12.7. The average molecular weight is 493 g/mol. The van der Waals surface area contributed by atoms with Gasteiger partial charge in [-0.15, -0.1) is 0 Å². The molecule has 1 N–H and O–H groups in total. The molecule has 0 unspecified atom stereocenters. The number of aliphatic hydroxyl groups is 1. The maximum absolute atomic E-state index is 13.3. The van der Waals surface area contributed by atoms with Crippen molar-refractivity contribution in [1.82, 2.24) is 9.80 Å². The number of unbranched alkanes of at least 4 members (excludes halogenated alkanes) is 1. The quantitative estimate of drug-likeness (QED) is 0.218. The van der Waals surface area contributed by atoms with Crippen LogP contribution in [0.15, 0.2) is 48.0 Å². The topological polar surface area (TPSA) is 70.1 Å². The number of carbonyl (C=O) groups excluding carboxylic acids is 2. The SMILES string of the molecule is CCCCOc1ccc(/C(O)=C2\C(=O)C(=O)N(CCN(C)C)[C@H]2c2ccc(C(C)(C)C)cc2)cc1C. The zero-order valence-electron chi connectivity index (χ0n) is 22.7. The van der Waals surface area contributed by atoms with Gasteiger partial charge in [0.25, 0.3) is 11.7 Å². The van der Waals surface area contributed by atoms with Gasteiger partial charge >= 0.3 is 0 Å². The number of carbonyl (C=O) groups is 2. The number of nitrogens with zero attached hydrogens (tertiary/aromatic N) is 2. The van der Waals surface area contributed by atoms with E-state index in [2.05, 4.69) is 27.7 Å². The maximum atomic E-state index is 13.3. The third kappa shape index (κ3) is 5.98. The number of likely N-dealkylation sites (tertiary alicyclic amines) is 1. The molecule has 0 saturated carbocycles. The fourth-order valence-corrected chi connectivity index (χ4v) is 4.37. The first-order chi connectivity index (χ1) is 17.0. The van der Waals surface area contributed by atoms with E-state index in [4.69, 9.17) is 4.74 Å². The van der Waals surface area contributed by atoms with Gasteiger partial charge in [-0.3, -0.25) is 9.59 Å². The summed E-state index contributed by atoms with van der Waals surface area (Å²) in [4.78, 5) is 29.9. The lowest BCUT2D eigenvalue weighted by molar-refractivity contribution is -0.140. The molecule has 0 radical (unpaired) electrons. The summed E-state index contributed by atoms with van der Waals surface area (Å²) in [5.41, 5.74) is 3.43. The molecule has 0 bridgehead atoms. The van der Waals surface area contributed by atoms with Crippen molar-refractivity contribution in [1.29, 1.82) is 0 Å². The minimum Gasteiger partial charge on any atom is -0.507 e. The molecule has 0 aliphatic carbocycles. The molecule has 0 aromatic heterocycles. The van der Waals surface area contributed by atoms with E-state index in [0.29, 0.717) is 25.3 Å². The van der Waals surface area contributed by atoms with Crippen molar-refractivity contribution < 1.29 is 19.4 Å². The molecule has 2 aromatic rings. The number of aryl methyl sites for hydroxylation is 1. The van der Waals surface area contributed by atoms with Crippen molar-refractivity contribution in [2.45, 2.75) is 58.9 Å². The van der Waals surface area contributed by atoms with Gasteiger partial charge in [-0.1, -0.05) is 58.4 Å². The Bertz CT molecular complexity index is 1130. The summed E-state index contributed by atoms with van der Waals surface area (Å²) >= 11 is 0. The van der Waals surface area contributed by atoms with Crippen LogP contribution >= 0.6 is 0 Å². The van der Waals surface area contributed by atoms with Crippen LogP contribution in [0.2, 0.25) is 0 Å². The van der Waals surface area contributed by atoms with Gasteiger partial charge in [0.15, 0.2) is 0 Å². The molecule has 1 fully saturated rings. The van der Waals surface area contributed by atoms with Crippen molar-refractivity contribution in [3.8, 4) is 5.75 Å². The third-order valence-electron chi connectivity index (χ3n) is 6.62. The lowest BCUT2D eigenvalue weighted by Gasteiger charge is -2.27. The van der Waals surface area contributed by atoms with Crippen molar-refractivity contribution in [3.63, 3.8) is 0 Å². The standard InChI is InChI=1S/C30H40N2O4/c1-8-9-18-36-24-15-12-22(19-20(24)2)27(33)25-26(21-10-13-23(14-11-21)30(3,4)5)32(17-16-31(6)7)29(35)28(25)34/h10-15,19,26,33H,8-9,16-18H2,1-7H3/b27-25+/t26-/m0/s1. The molecule has 1 amide bonds. The minimum atomic E-state index is -0.655. The van der Waals surface area contributed by atoms with E-state index in [1.54, 1.807) is 11.0 Å². The number of benzene rings is 2. The van der Waals surface area contributed by atoms with E-state index in [0.717, 1.165) is 35.3 Å². The highest BCUT2D eigenvalue weighted by Crippen LogP contribution is 2.40. The summed E-state index contributed by atoms with van der Waals surface area (Å²) in [5.74, 6) is -0.647. The van der Waals surface area contributed by atoms with E-state index in [-0.39, 0.29) is 16.7 Å². The van der Waals surface area contributed by atoms with Crippen LogP contribution in [0.3, 0.4) is 0 Å². The number of hydrogen-bond acceptors (Lipinski definition) is 5. The van der Waals surface area contributed by atoms with E-state index in [1.165, 1.54) is 0 Å². The maximum Gasteiger partial charge on any atom is 0.295 e. The summed E-state index contributed by atoms with van der Waals surface area (Å²) in [5, 5.41) is 11.4. The van der Waals surface area contributed by atoms with Crippen LogP contribution in [-0.2, 0) is 15.0 Å². The molecular formula is C30H40N2O4. The second-order valence-corrected chi connectivity index (χ2v) is 10.9. The fourth-order valence-electron chi connectivity index (χ4n) is 4.37. The predicted molar refractivity (Wildman–Crippen MR) is 144 cm³/mol. The molecule has 6 heteroatoms. The molecular weight excluding hydrogens is 452 g/mol. The average Bonchev–Trinajstić information content (AvgIpc) is 3.07. The molecule has 1 saturated heterocycles. The van der Waals surface area contributed by atoms with Crippen LogP contribution < -0.4 is 4.74 Å². The lowest BCUT2D eigenvalue weighted by atomic mass is 9.85. The summed E-state index contributed by atoms with van der Waals surface area (Å²) in [6.45, 7) is 12.1. The molecule has 1 aliphatic heterocycles. The first kappa shape index (κ1) is 27.5. The van der Waals surface area contributed by atoms with Gasteiger partial charge in [-0.05, 0) is 67.7 Å². The normalized spacial score (nSPS) is 17.8. The number of ketones is 1. The number of ether oxygens (including phenoxy) is 1. The second kappa shape index (κ2) is 11.3. The summed E-state index contributed by atoms with van der Waals surface area (Å²) in [6.07, 6.45) is 2.01. The monoisotopic (exact) mass is 492 g/mol. The highest BCUT2D eigenvalue weighted by Gasteiger charge is 2.46. The van der Waals surface area contributed by atoms with Gasteiger partial charge in [-0.25, -0.2) is 0 Å². The number of Topliss-reactive ketones (excluding diaryl/α,β-unsaturated/α-hetero) is 1. The lowest BCUT2D eigenvalue weighted by Crippen LogP contribution is -2.35. The van der Waals surface area contributed by atoms with Gasteiger partial charge < -0.3 is 19.6 Å². The first-order valence-corrected chi connectivity index (χ1v) is 12.7. The first-order valence-electron chi connectivity index (χ1n) is 12.7. The molecule has 1 heterocycles. The smallest absolute Gasteiger partial charge is 0.295 e. The van der Waals surface area contributed by atoms with Crippen LogP contribution in [0, 0.1) is 6.92 Å². The van der Waals surface area contributed by atoms with Crippen LogP contribution in [-0.4, -0.2) is 60.4 Å². The zero-order valence-corrected chi connectivity index (χ0v) is 22.7. The van der Waals surface area contributed by atoms with E-state index < -0.39 is 17.7 Å². The van der Waals surface area contributed by atoms with Gasteiger partial charge in [0, 0.05) is 18.7 Å². The Morgan fingerprint density at radius 3 is 2.31 bits per heavy atom. The van der Waals surface area contributed by atoms with Crippen LogP contribution in [0.5, 0.6) is 5.75 Å². The largest absolute Gasteiger partial charge is 0.507 e. The third-order valence-corrected chi connectivity index (χ3v) is 6.62. The molecule has 1 atom stereocenters. The number of amides is 1. The van der Waals surface area contributed by atoms with Gasteiger partial charge in [-0.2, -0.15) is 0 Å². The Kier molecular flexibility index (Phi) is 8.62. The number of hydrogen-bond donors (Lipinski definition) is 1. The van der Waals surface area contributed by atoms with Crippen LogP contribution in [0.4, 0.5) is 0 Å². The summed E-state index contributed by atoms with van der Waals surface area (Å²) in [7, 11) is 3.85. The van der Waals surface area contributed by atoms with E-state index in [9.17, 15) is 14.7 Å². The fraction of sp³-hybridized carbons (Fsp3) is 0.467. The Morgan fingerprint density at radius 1 is 1.08 bits per heavy atom. The molecule has 36 heavy (non-hydrogen) atoms.